The van der Waals surface area contributed by atoms with Crippen molar-refractivity contribution in [3.8, 4) is 17.1 Å². The molecule has 2 aromatic carbocycles. The summed E-state index contributed by atoms with van der Waals surface area (Å²) in [5, 5.41) is 26.9. The minimum atomic E-state index is -0.585. The van der Waals surface area contributed by atoms with E-state index in [1.165, 1.54) is 42.1 Å². The van der Waals surface area contributed by atoms with Crippen LogP contribution < -0.4 is 4.74 Å². The normalized spacial score (nSPS) is 16.3. The highest BCUT2D eigenvalue weighted by Crippen LogP contribution is 2.35. The summed E-state index contributed by atoms with van der Waals surface area (Å²) in [7, 11) is 1.42. The van der Waals surface area contributed by atoms with Crippen molar-refractivity contribution < 1.29 is 18.9 Å². The lowest BCUT2D eigenvalue weighted by molar-refractivity contribution is -0.384. The average molecular weight is 487 g/mol. The second kappa shape index (κ2) is 9.03. The molecule has 2 aliphatic heterocycles. The Hall–Kier alpha value is -4.51. The van der Waals surface area contributed by atoms with E-state index in [0.717, 1.165) is 10.6 Å². The maximum atomic E-state index is 12.7. The molecule has 0 bridgehead atoms. The van der Waals surface area contributed by atoms with Gasteiger partial charge >= 0.3 is 0 Å². The van der Waals surface area contributed by atoms with Crippen LogP contribution in [0, 0.1) is 15.5 Å². The predicted molar refractivity (Wildman–Crippen MR) is 133 cm³/mol. The molecule has 3 heterocycles. The van der Waals surface area contributed by atoms with E-state index in [0.29, 0.717) is 17.3 Å². The van der Waals surface area contributed by atoms with Gasteiger partial charge < -0.3 is 9.15 Å². The van der Waals surface area contributed by atoms with Gasteiger partial charge in [0.15, 0.2) is 5.84 Å². The Bertz CT molecular complexity index is 1460. The van der Waals surface area contributed by atoms with Crippen molar-refractivity contribution in [2.45, 2.75) is 6.42 Å². The van der Waals surface area contributed by atoms with Crippen LogP contribution in [-0.2, 0) is 11.2 Å². The molecule has 0 saturated carbocycles. The van der Waals surface area contributed by atoms with Gasteiger partial charge in [0.05, 0.1) is 29.2 Å². The van der Waals surface area contributed by atoms with E-state index in [1.807, 2.05) is 30.3 Å². The Morgan fingerprint density at radius 2 is 2.00 bits per heavy atom. The third kappa shape index (κ3) is 4.36. The van der Waals surface area contributed by atoms with Crippen LogP contribution in [-0.4, -0.2) is 39.0 Å². The summed E-state index contributed by atoms with van der Waals surface area (Å²) in [5.41, 5.74) is 1.15. The van der Waals surface area contributed by atoms with Crippen LogP contribution in [0.25, 0.3) is 17.4 Å². The molecule has 1 aromatic heterocycles. The van der Waals surface area contributed by atoms with Gasteiger partial charge in [0.1, 0.15) is 22.3 Å². The molecular formula is C24H17N5O5S. The Balaban J connectivity index is 1.41. The lowest BCUT2D eigenvalue weighted by Gasteiger charge is -2.19. The molecule has 0 aliphatic carbocycles. The molecule has 11 heteroatoms. The molecule has 3 aromatic rings. The summed E-state index contributed by atoms with van der Waals surface area (Å²) >= 11 is 1.25. The van der Waals surface area contributed by atoms with E-state index in [-0.39, 0.29) is 34.2 Å². The molecule has 0 fully saturated rings. The highest BCUT2D eigenvalue weighted by atomic mass is 32.2. The Morgan fingerprint density at radius 1 is 1.20 bits per heavy atom. The SMILES string of the molecule is COc1ccc(-c2ccc(/C=C3\C(=N)N4N=C(Cc5ccccc5)SC4=NC3=O)o2)c([N+](=O)[O-])c1. The number of benzene rings is 2. The zero-order valence-electron chi connectivity index (χ0n) is 18.3. The number of furan rings is 1. The molecule has 174 valence electrons. The number of rotatable bonds is 6. The van der Waals surface area contributed by atoms with Gasteiger partial charge in [0, 0.05) is 6.42 Å². The number of carbonyl (C=O) groups is 1. The number of hydrogen-bond acceptors (Lipinski definition) is 8. The van der Waals surface area contributed by atoms with Gasteiger partial charge in [0.25, 0.3) is 11.6 Å². The van der Waals surface area contributed by atoms with Crippen LogP contribution in [0.3, 0.4) is 0 Å². The number of hydrogen-bond donors (Lipinski definition) is 1. The second-order valence-electron chi connectivity index (χ2n) is 7.52. The number of fused-ring (bicyclic) bond motifs is 1. The Kier molecular flexibility index (Phi) is 5.75. The summed E-state index contributed by atoms with van der Waals surface area (Å²) in [6, 6.07) is 17.3. The van der Waals surface area contributed by atoms with Crippen LogP contribution in [0.5, 0.6) is 5.75 Å². The first-order valence-corrected chi connectivity index (χ1v) is 11.2. The number of ether oxygens (including phenoxy) is 1. The molecule has 0 radical (unpaired) electrons. The molecular weight excluding hydrogens is 470 g/mol. The highest BCUT2D eigenvalue weighted by molar-refractivity contribution is 8.26. The number of carbonyl (C=O) groups excluding carboxylic acids is 1. The molecule has 10 nitrogen and oxygen atoms in total. The number of methoxy groups -OCH3 is 1. The number of amides is 1. The molecule has 0 spiro atoms. The molecule has 5 rings (SSSR count). The van der Waals surface area contributed by atoms with Crippen LogP contribution in [0.15, 0.2) is 80.7 Å². The van der Waals surface area contributed by atoms with Crippen LogP contribution in [0.2, 0.25) is 0 Å². The largest absolute Gasteiger partial charge is 0.497 e. The fraction of sp³-hybridized carbons (Fsp3) is 0.0833. The summed E-state index contributed by atoms with van der Waals surface area (Å²) in [6.07, 6.45) is 1.95. The van der Waals surface area contributed by atoms with Gasteiger partial charge in [-0.3, -0.25) is 20.3 Å². The summed E-state index contributed by atoms with van der Waals surface area (Å²) in [6.45, 7) is 0. The highest BCUT2D eigenvalue weighted by Gasteiger charge is 2.35. The number of nitrogens with one attached hydrogen (secondary N) is 1. The monoisotopic (exact) mass is 487 g/mol. The zero-order valence-corrected chi connectivity index (χ0v) is 19.1. The van der Waals surface area contributed by atoms with Gasteiger partial charge in [-0.1, -0.05) is 30.3 Å². The quantitative estimate of drug-likeness (QED) is 0.302. The average Bonchev–Trinajstić information content (AvgIpc) is 3.49. The molecule has 0 unspecified atom stereocenters. The van der Waals surface area contributed by atoms with E-state index >= 15 is 0 Å². The van der Waals surface area contributed by atoms with Crippen LogP contribution >= 0.6 is 11.8 Å². The molecule has 35 heavy (non-hydrogen) atoms. The van der Waals surface area contributed by atoms with E-state index in [2.05, 4.69) is 10.1 Å². The molecule has 2 aliphatic rings. The van der Waals surface area contributed by atoms with Crippen LogP contribution in [0.4, 0.5) is 5.69 Å². The molecule has 1 amide bonds. The number of nitrogens with zero attached hydrogens (tertiary/aromatic N) is 4. The van der Waals surface area contributed by atoms with E-state index < -0.39 is 10.8 Å². The molecule has 0 atom stereocenters. The van der Waals surface area contributed by atoms with E-state index in [9.17, 15) is 14.9 Å². The molecule has 1 N–H and O–H groups in total. The lowest BCUT2D eigenvalue weighted by atomic mass is 10.1. The van der Waals surface area contributed by atoms with E-state index in [1.54, 1.807) is 18.2 Å². The first kappa shape index (κ1) is 22.3. The summed E-state index contributed by atoms with van der Waals surface area (Å²) in [5.74, 6) is 0.129. The number of nitro groups is 1. The fourth-order valence-corrected chi connectivity index (χ4v) is 4.51. The van der Waals surface area contributed by atoms with Gasteiger partial charge in [-0.2, -0.15) is 15.1 Å². The van der Waals surface area contributed by atoms with Crippen LogP contribution in [0.1, 0.15) is 11.3 Å². The minimum absolute atomic E-state index is 0.00388. The predicted octanol–water partition coefficient (Wildman–Crippen LogP) is 4.73. The number of hydrazone groups is 1. The van der Waals surface area contributed by atoms with Gasteiger partial charge in [-0.05, 0) is 47.7 Å². The Morgan fingerprint density at radius 3 is 2.74 bits per heavy atom. The third-order valence-corrected chi connectivity index (χ3v) is 6.18. The number of thioether (sulfide) groups is 1. The zero-order chi connectivity index (χ0) is 24.5. The summed E-state index contributed by atoms with van der Waals surface area (Å²) in [4.78, 5) is 27.7. The topological polar surface area (TPSA) is 134 Å². The van der Waals surface area contributed by atoms with Gasteiger partial charge in [0.2, 0.25) is 5.17 Å². The van der Waals surface area contributed by atoms with Crippen molar-refractivity contribution >= 4 is 45.5 Å². The van der Waals surface area contributed by atoms with Gasteiger partial charge in [-0.15, -0.1) is 0 Å². The fourth-order valence-electron chi connectivity index (χ4n) is 3.59. The maximum Gasteiger partial charge on any atom is 0.284 e. The van der Waals surface area contributed by atoms with Crippen molar-refractivity contribution in [2.24, 2.45) is 10.1 Å². The smallest absolute Gasteiger partial charge is 0.284 e. The third-order valence-electron chi connectivity index (χ3n) is 5.27. The second-order valence-corrected chi connectivity index (χ2v) is 8.56. The van der Waals surface area contributed by atoms with Crippen molar-refractivity contribution in [3.05, 3.63) is 87.7 Å². The number of nitro benzene ring substituents is 1. The number of amidine groups is 2. The van der Waals surface area contributed by atoms with Crippen molar-refractivity contribution in [1.29, 1.82) is 5.41 Å². The maximum absolute atomic E-state index is 12.7. The van der Waals surface area contributed by atoms with Crippen molar-refractivity contribution in [3.63, 3.8) is 0 Å². The standard InChI is InChI=1S/C24H17N5O5S/c1-33-15-7-9-17(19(13-15)29(31)32)20-10-8-16(34-20)12-18-22(25)28-24(26-23(18)30)35-21(27-28)11-14-5-3-2-4-6-14/h2-10,12-13,25H,11H2,1H3/b18-12+,25-22?. The number of aliphatic imine (C=N–C) groups is 1. The van der Waals surface area contributed by atoms with Gasteiger partial charge in [-0.25, -0.2) is 0 Å². The first-order valence-electron chi connectivity index (χ1n) is 10.4. The summed E-state index contributed by atoms with van der Waals surface area (Å²) < 4.78 is 10.8. The Labute approximate surface area is 203 Å². The van der Waals surface area contributed by atoms with Crippen molar-refractivity contribution in [2.75, 3.05) is 7.11 Å². The minimum Gasteiger partial charge on any atom is -0.497 e. The lowest BCUT2D eigenvalue weighted by Crippen LogP contribution is -2.35. The van der Waals surface area contributed by atoms with Crippen molar-refractivity contribution in [1.82, 2.24) is 5.01 Å². The first-order chi connectivity index (χ1) is 16.9. The van der Waals surface area contributed by atoms with E-state index in [4.69, 9.17) is 14.6 Å². The molecule has 0 saturated heterocycles.